The first-order valence-electron chi connectivity index (χ1n) is 11.3. The average molecular weight is 488 g/mol. The van der Waals surface area contributed by atoms with Crippen LogP contribution in [0.3, 0.4) is 0 Å². The second kappa shape index (κ2) is 10.2. The monoisotopic (exact) mass is 487 g/mol. The van der Waals surface area contributed by atoms with Crippen LogP contribution < -0.4 is 10.6 Å². The molecule has 2 amide bonds. The minimum atomic E-state index is -3.66. The molecule has 1 aromatic carbocycles. The molecule has 33 heavy (non-hydrogen) atoms. The number of carbonyl (C=O) groups is 2. The van der Waals surface area contributed by atoms with Gasteiger partial charge in [-0.15, -0.1) is 11.3 Å². The van der Waals surface area contributed by atoms with E-state index in [-0.39, 0.29) is 29.8 Å². The van der Waals surface area contributed by atoms with Gasteiger partial charge in [0.05, 0.1) is 9.90 Å². The number of hydrogen-bond donors (Lipinski definition) is 2. The molecule has 0 spiro atoms. The molecule has 2 aromatic rings. The smallest absolute Gasteiger partial charge is 0.248 e. The molecule has 0 atom stereocenters. The third-order valence-corrected chi connectivity index (χ3v) is 9.16. The summed E-state index contributed by atoms with van der Waals surface area (Å²) in [7, 11) is -3.66. The van der Waals surface area contributed by atoms with E-state index >= 15 is 0 Å². The van der Waals surface area contributed by atoms with Gasteiger partial charge in [0.15, 0.2) is 0 Å². The van der Waals surface area contributed by atoms with Crippen LogP contribution in [0.1, 0.15) is 55.4 Å². The number of thiophene rings is 1. The molecule has 1 aliphatic carbocycles. The number of carbonyl (C=O) groups excluding carboxylic acids is 2. The number of nitrogens with zero attached hydrogens (tertiary/aromatic N) is 1. The van der Waals surface area contributed by atoms with Gasteiger partial charge in [-0.1, -0.05) is 38.7 Å². The third kappa shape index (κ3) is 5.72. The van der Waals surface area contributed by atoms with Crippen molar-refractivity contribution < 1.29 is 18.0 Å². The molecular weight excluding hydrogens is 458 g/mol. The fourth-order valence-corrected chi connectivity index (χ4v) is 7.00. The van der Waals surface area contributed by atoms with Gasteiger partial charge in [0, 0.05) is 30.1 Å². The normalized spacial score (nSPS) is 16.8. The number of hydrogen-bond acceptors (Lipinski definition) is 5. The summed E-state index contributed by atoms with van der Waals surface area (Å²) in [5, 5.41) is 6.28. The molecule has 1 aliphatic heterocycles. The maximum Gasteiger partial charge on any atom is 0.248 e. The molecule has 2 heterocycles. The Bertz CT molecular complexity index is 1110. The standard InChI is InChI=1S/C24H29N3O4S2/c1-2-22(28)26-24-14-18-15-27(16-21(18)32-24)33(30,31)20-11-9-19(10-12-20)25-23(29)13-8-17-6-4-3-5-7-17/h2,9-12,14,17H,1,3-8,13,15-16H2,(H,25,29)(H,26,28). The molecule has 0 bridgehead atoms. The number of benzene rings is 1. The lowest BCUT2D eigenvalue weighted by atomic mass is 9.86. The first-order valence-corrected chi connectivity index (χ1v) is 13.6. The van der Waals surface area contributed by atoms with E-state index in [2.05, 4.69) is 17.2 Å². The lowest BCUT2D eigenvalue weighted by molar-refractivity contribution is -0.116. The molecule has 1 aromatic heterocycles. The van der Waals surface area contributed by atoms with Crippen molar-refractivity contribution in [3.63, 3.8) is 0 Å². The Morgan fingerprint density at radius 2 is 1.82 bits per heavy atom. The highest BCUT2D eigenvalue weighted by Gasteiger charge is 2.32. The van der Waals surface area contributed by atoms with Gasteiger partial charge >= 0.3 is 0 Å². The van der Waals surface area contributed by atoms with Gasteiger partial charge in [0.1, 0.15) is 0 Å². The fourth-order valence-electron chi connectivity index (χ4n) is 4.44. The van der Waals surface area contributed by atoms with Crippen LogP contribution in [-0.2, 0) is 32.7 Å². The second-order valence-corrected chi connectivity index (χ2v) is 11.7. The zero-order valence-electron chi connectivity index (χ0n) is 18.5. The molecule has 2 aliphatic rings. The molecule has 4 rings (SSSR count). The number of sulfonamides is 1. The number of rotatable bonds is 8. The van der Waals surface area contributed by atoms with Crippen molar-refractivity contribution in [3.05, 3.63) is 53.4 Å². The summed E-state index contributed by atoms with van der Waals surface area (Å²) in [6, 6.07) is 8.16. The fraction of sp³-hybridized carbons (Fsp3) is 0.417. The van der Waals surface area contributed by atoms with E-state index in [0.717, 1.165) is 16.9 Å². The molecule has 2 N–H and O–H groups in total. The van der Waals surface area contributed by atoms with Crippen LogP contribution in [0, 0.1) is 5.92 Å². The Morgan fingerprint density at radius 1 is 1.09 bits per heavy atom. The van der Waals surface area contributed by atoms with Crippen molar-refractivity contribution in [2.45, 2.75) is 62.9 Å². The maximum absolute atomic E-state index is 13.1. The van der Waals surface area contributed by atoms with Gasteiger partial charge in [0.25, 0.3) is 0 Å². The van der Waals surface area contributed by atoms with Crippen molar-refractivity contribution in [1.29, 1.82) is 0 Å². The average Bonchev–Trinajstić information content (AvgIpc) is 3.38. The van der Waals surface area contributed by atoms with E-state index < -0.39 is 10.0 Å². The van der Waals surface area contributed by atoms with Crippen molar-refractivity contribution in [3.8, 4) is 0 Å². The van der Waals surface area contributed by atoms with Crippen LogP contribution in [0.2, 0.25) is 0 Å². The second-order valence-electron chi connectivity index (χ2n) is 8.64. The Morgan fingerprint density at radius 3 is 2.48 bits per heavy atom. The van der Waals surface area contributed by atoms with Crippen LogP contribution in [0.25, 0.3) is 0 Å². The molecule has 0 radical (unpaired) electrons. The number of fused-ring (bicyclic) bond motifs is 1. The van der Waals surface area contributed by atoms with Crippen molar-refractivity contribution in [1.82, 2.24) is 4.31 Å². The van der Waals surface area contributed by atoms with Gasteiger partial charge in [-0.05, 0) is 54.3 Å². The van der Waals surface area contributed by atoms with E-state index in [4.69, 9.17) is 0 Å². The van der Waals surface area contributed by atoms with Crippen molar-refractivity contribution in [2.24, 2.45) is 5.92 Å². The number of nitrogens with one attached hydrogen (secondary N) is 2. The highest BCUT2D eigenvalue weighted by atomic mass is 32.2. The van der Waals surface area contributed by atoms with E-state index in [1.807, 2.05) is 6.07 Å². The summed E-state index contributed by atoms with van der Waals surface area (Å²) in [4.78, 5) is 24.9. The van der Waals surface area contributed by atoms with Gasteiger partial charge < -0.3 is 10.6 Å². The van der Waals surface area contributed by atoms with E-state index in [1.54, 1.807) is 12.1 Å². The lowest BCUT2D eigenvalue weighted by Gasteiger charge is -2.21. The topological polar surface area (TPSA) is 95.6 Å². The van der Waals surface area contributed by atoms with Crippen LogP contribution in [0.5, 0.6) is 0 Å². The van der Waals surface area contributed by atoms with Gasteiger partial charge in [-0.3, -0.25) is 9.59 Å². The van der Waals surface area contributed by atoms with E-state index in [9.17, 15) is 18.0 Å². The summed E-state index contributed by atoms with van der Waals surface area (Å²) in [5.41, 5.74) is 1.50. The maximum atomic E-state index is 13.1. The number of anilines is 2. The van der Waals surface area contributed by atoms with E-state index in [0.29, 0.717) is 23.0 Å². The zero-order valence-corrected chi connectivity index (χ0v) is 20.1. The molecule has 9 heteroatoms. The minimum Gasteiger partial charge on any atom is -0.326 e. The molecule has 176 valence electrons. The highest BCUT2D eigenvalue weighted by molar-refractivity contribution is 7.89. The van der Waals surface area contributed by atoms with Crippen LogP contribution >= 0.6 is 11.3 Å². The first kappa shape index (κ1) is 23.7. The summed E-state index contributed by atoms with van der Waals surface area (Å²) in [6.45, 7) is 3.96. The van der Waals surface area contributed by atoms with Gasteiger partial charge in [-0.2, -0.15) is 4.31 Å². The highest BCUT2D eigenvalue weighted by Crippen LogP contribution is 2.37. The summed E-state index contributed by atoms with van der Waals surface area (Å²) in [5.74, 6) is 0.329. The van der Waals surface area contributed by atoms with Crippen LogP contribution in [0.4, 0.5) is 10.7 Å². The van der Waals surface area contributed by atoms with Crippen LogP contribution in [-0.4, -0.2) is 24.5 Å². The first-order chi connectivity index (χ1) is 15.8. The van der Waals surface area contributed by atoms with Gasteiger partial charge in [0.2, 0.25) is 21.8 Å². The van der Waals surface area contributed by atoms with Crippen molar-refractivity contribution >= 4 is 43.9 Å². The SMILES string of the molecule is C=CC(=O)Nc1cc2c(s1)CN(S(=O)(=O)c1ccc(NC(=O)CCC3CCCCC3)cc1)C2. The lowest BCUT2D eigenvalue weighted by Crippen LogP contribution is -2.25. The van der Waals surface area contributed by atoms with Gasteiger partial charge in [-0.25, -0.2) is 8.42 Å². The minimum absolute atomic E-state index is 0.0282. The Hall–Kier alpha value is -2.49. The zero-order chi connectivity index (χ0) is 23.4. The van der Waals surface area contributed by atoms with E-state index in [1.165, 1.54) is 66.0 Å². The molecular formula is C24H29N3O4S2. The molecule has 1 saturated carbocycles. The largest absolute Gasteiger partial charge is 0.326 e. The molecule has 7 nitrogen and oxygen atoms in total. The van der Waals surface area contributed by atoms with Crippen molar-refractivity contribution in [2.75, 3.05) is 10.6 Å². The quantitative estimate of drug-likeness (QED) is 0.519. The Labute approximate surface area is 198 Å². The summed E-state index contributed by atoms with van der Waals surface area (Å²) in [6.07, 6.45) is 8.87. The molecule has 1 fully saturated rings. The molecule has 0 unspecified atom stereocenters. The molecule has 0 saturated heterocycles. The summed E-state index contributed by atoms with van der Waals surface area (Å²) < 4.78 is 27.6. The number of amides is 2. The third-order valence-electron chi connectivity index (χ3n) is 6.28. The Balaban J connectivity index is 1.32. The van der Waals surface area contributed by atoms with Crippen LogP contribution in [0.15, 0.2) is 47.9 Å². The summed E-state index contributed by atoms with van der Waals surface area (Å²) >= 11 is 1.37. The predicted octanol–water partition coefficient (Wildman–Crippen LogP) is 4.88. The Kier molecular flexibility index (Phi) is 7.31. The predicted molar refractivity (Wildman–Crippen MR) is 130 cm³/mol.